The van der Waals surface area contributed by atoms with E-state index in [9.17, 15) is 4.79 Å². The van der Waals surface area contributed by atoms with Crippen LogP contribution in [-0.2, 0) is 4.79 Å². The van der Waals surface area contributed by atoms with E-state index in [0.717, 1.165) is 72.3 Å². The summed E-state index contributed by atoms with van der Waals surface area (Å²) in [6.07, 6.45) is 6.16. The minimum absolute atomic E-state index is 0.200. The Morgan fingerprint density at radius 3 is 2.56 bits per heavy atom. The van der Waals surface area contributed by atoms with Crippen molar-refractivity contribution in [2.24, 2.45) is 0 Å². The van der Waals surface area contributed by atoms with Crippen LogP contribution in [-0.4, -0.2) is 67.9 Å². The van der Waals surface area contributed by atoms with Gasteiger partial charge in [-0.1, -0.05) is 24.3 Å². The number of nitrogens with one attached hydrogen (secondary N) is 1. The van der Waals surface area contributed by atoms with Crippen LogP contribution in [0.25, 0.3) is 22.3 Å². The second-order valence-corrected chi connectivity index (χ2v) is 9.71. The van der Waals surface area contributed by atoms with Crippen LogP contribution in [0.3, 0.4) is 0 Å². The number of piperidine rings is 1. The van der Waals surface area contributed by atoms with Gasteiger partial charge in [0.05, 0.1) is 11.4 Å². The van der Waals surface area contributed by atoms with Gasteiger partial charge in [0.15, 0.2) is 5.65 Å². The lowest BCUT2D eigenvalue weighted by molar-refractivity contribution is -0.131. The molecule has 1 atom stereocenters. The summed E-state index contributed by atoms with van der Waals surface area (Å²) < 4.78 is 7.97. The minimum atomic E-state index is -0.928. The van der Waals surface area contributed by atoms with Crippen molar-refractivity contribution in [3.05, 3.63) is 73.1 Å². The van der Waals surface area contributed by atoms with E-state index in [4.69, 9.17) is 20.7 Å². The largest absolute Gasteiger partial charge is 0.478 e. The molecule has 1 aliphatic heterocycles. The van der Waals surface area contributed by atoms with Gasteiger partial charge in [0.25, 0.3) is 0 Å². The molecule has 4 N–H and O–H groups in total. The van der Waals surface area contributed by atoms with Gasteiger partial charge in [-0.05, 0) is 56.2 Å². The molecule has 1 saturated heterocycles. The summed E-state index contributed by atoms with van der Waals surface area (Å²) in [5.41, 5.74) is 8.78. The fourth-order valence-electron chi connectivity index (χ4n) is 4.99. The smallest absolute Gasteiger partial charge is 0.328 e. The third-order valence-electron chi connectivity index (χ3n) is 7.06. The molecule has 1 aliphatic rings. The fraction of sp³-hybridized carbons (Fsp3) is 0.310. The Kier molecular flexibility index (Phi) is 8.14. The molecule has 1 fully saturated rings. The Balaban J connectivity index is 1.28. The second kappa shape index (κ2) is 12.1. The minimum Gasteiger partial charge on any atom is -0.478 e. The van der Waals surface area contributed by atoms with E-state index < -0.39 is 5.97 Å². The highest BCUT2D eigenvalue weighted by molar-refractivity contribution is 5.98. The maximum atomic E-state index is 10.6. The number of nitrogen functional groups attached to an aromatic ring is 1. The van der Waals surface area contributed by atoms with Crippen LogP contribution >= 0.6 is 0 Å². The summed E-state index contributed by atoms with van der Waals surface area (Å²) in [5.74, 6) is 1.01. The Hall–Kier alpha value is -4.28. The zero-order chi connectivity index (χ0) is 27.2. The van der Waals surface area contributed by atoms with E-state index in [-0.39, 0.29) is 6.04 Å². The number of carboxylic acid groups (broad SMARTS) is 1. The van der Waals surface area contributed by atoms with E-state index in [1.54, 1.807) is 6.08 Å². The molecule has 1 unspecified atom stereocenters. The highest BCUT2D eigenvalue weighted by Gasteiger charge is 2.27. The van der Waals surface area contributed by atoms with Crippen LogP contribution in [0.15, 0.2) is 73.1 Å². The number of hydrogen-bond donors (Lipinski definition) is 3. The maximum absolute atomic E-state index is 10.6. The van der Waals surface area contributed by atoms with E-state index in [0.29, 0.717) is 18.4 Å². The number of nitrogens with two attached hydrogens (primary N) is 1. The van der Waals surface area contributed by atoms with Gasteiger partial charge < -0.3 is 20.9 Å². The number of likely N-dealkylation sites (tertiary alicyclic amines) is 1. The van der Waals surface area contributed by atoms with Gasteiger partial charge in [0, 0.05) is 43.9 Å². The Morgan fingerprint density at radius 1 is 1.13 bits per heavy atom. The Bertz CT molecular complexity index is 1430. The molecular formula is C29H33N7O3. The normalized spacial score (nSPS) is 15.6. The topological polar surface area (TPSA) is 131 Å². The van der Waals surface area contributed by atoms with E-state index >= 15 is 0 Å². The Labute approximate surface area is 227 Å². The van der Waals surface area contributed by atoms with Gasteiger partial charge in [0.1, 0.15) is 29.3 Å². The Morgan fingerprint density at radius 2 is 1.85 bits per heavy atom. The number of carboxylic acids is 1. The van der Waals surface area contributed by atoms with Crippen LogP contribution in [0.2, 0.25) is 0 Å². The molecule has 0 amide bonds. The summed E-state index contributed by atoms with van der Waals surface area (Å²) in [4.78, 5) is 21.9. The van der Waals surface area contributed by atoms with Gasteiger partial charge >= 0.3 is 5.97 Å². The summed E-state index contributed by atoms with van der Waals surface area (Å²) in [6, 6.07) is 18.0. The molecule has 10 nitrogen and oxygen atoms in total. The highest BCUT2D eigenvalue weighted by Crippen LogP contribution is 2.35. The van der Waals surface area contributed by atoms with Crippen LogP contribution in [0, 0.1) is 0 Å². The molecule has 0 bridgehead atoms. The predicted octanol–water partition coefficient (Wildman–Crippen LogP) is 4.12. The van der Waals surface area contributed by atoms with E-state index in [1.807, 2.05) is 59.3 Å². The number of rotatable bonds is 10. The van der Waals surface area contributed by atoms with Crippen molar-refractivity contribution in [1.29, 1.82) is 0 Å². The standard InChI is InChI=1S/C29H33N7O3/c1-20(18-31-15-5-8-25(37)38)35-16-13-22(14-17-35)36-29-26(28(30)32-19-33-29)27(34-36)21-9-11-24(12-10-21)39-23-6-3-2-4-7-23/h2-12,19-20,22,31H,13-18H2,1H3,(H,37,38)(H2,30,32,33)/b8-5+. The molecule has 0 aliphatic carbocycles. The van der Waals surface area contributed by atoms with Gasteiger partial charge in [-0.2, -0.15) is 5.10 Å². The van der Waals surface area contributed by atoms with Crippen molar-refractivity contribution in [2.75, 3.05) is 31.9 Å². The third-order valence-corrected chi connectivity index (χ3v) is 7.06. The lowest BCUT2D eigenvalue weighted by Gasteiger charge is -2.36. The number of ether oxygens (including phenoxy) is 1. The van der Waals surface area contributed by atoms with E-state index in [2.05, 4.69) is 27.1 Å². The number of anilines is 1. The second-order valence-electron chi connectivity index (χ2n) is 9.71. The number of nitrogens with zero attached hydrogens (tertiary/aromatic N) is 5. The van der Waals surface area contributed by atoms with Crippen LogP contribution in [0.4, 0.5) is 5.82 Å². The zero-order valence-corrected chi connectivity index (χ0v) is 21.9. The molecular weight excluding hydrogens is 494 g/mol. The molecule has 3 heterocycles. The SMILES string of the molecule is CC(CNC/C=C/C(=O)O)N1CCC(n2nc(-c3ccc(Oc4ccccc4)cc3)c3c(N)ncnc32)CC1. The number of benzene rings is 2. The fourth-order valence-corrected chi connectivity index (χ4v) is 4.99. The van der Waals surface area contributed by atoms with Crippen LogP contribution in [0.1, 0.15) is 25.8 Å². The molecule has 0 radical (unpaired) electrons. The van der Waals surface area contributed by atoms with Gasteiger partial charge in [0.2, 0.25) is 0 Å². The van der Waals surface area contributed by atoms with Gasteiger partial charge in [-0.15, -0.1) is 0 Å². The molecule has 2 aromatic heterocycles. The summed E-state index contributed by atoms with van der Waals surface area (Å²) in [6.45, 7) is 5.38. The first kappa shape index (κ1) is 26.3. The average molecular weight is 528 g/mol. The number of aliphatic carboxylic acids is 1. The van der Waals surface area contributed by atoms with E-state index in [1.165, 1.54) is 6.33 Å². The molecule has 2 aromatic carbocycles. The van der Waals surface area contributed by atoms with Crippen molar-refractivity contribution in [2.45, 2.75) is 31.8 Å². The van der Waals surface area contributed by atoms with Gasteiger partial charge in [-0.3, -0.25) is 4.90 Å². The molecule has 4 aromatic rings. The van der Waals surface area contributed by atoms with Crippen molar-refractivity contribution < 1.29 is 14.6 Å². The lowest BCUT2D eigenvalue weighted by Crippen LogP contribution is -2.45. The first-order chi connectivity index (χ1) is 19.0. The first-order valence-electron chi connectivity index (χ1n) is 13.2. The molecule has 39 heavy (non-hydrogen) atoms. The predicted molar refractivity (Wildman–Crippen MR) is 151 cm³/mol. The van der Waals surface area contributed by atoms with Crippen LogP contribution in [0.5, 0.6) is 11.5 Å². The average Bonchev–Trinajstić information content (AvgIpc) is 3.35. The highest BCUT2D eigenvalue weighted by atomic mass is 16.5. The van der Waals surface area contributed by atoms with Crippen molar-refractivity contribution >= 4 is 22.8 Å². The number of aromatic nitrogens is 4. The first-order valence-corrected chi connectivity index (χ1v) is 13.2. The molecule has 0 spiro atoms. The number of hydrogen-bond acceptors (Lipinski definition) is 8. The van der Waals surface area contributed by atoms with Crippen molar-refractivity contribution in [3.8, 4) is 22.8 Å². The quantitative estimate of drug-likeness (QED) is 0.206. The monoisotopic (exact) mass is 527 g/mol. The summed E-state index contributed by atoms with van der Waals surface area (Å²) >= 11 is 0. The molecule has 0 saturated carbocycles. The summed E-state index contributed by atoms with van der Waals surface area (Å²) in [7, 11) is 0. The maximum Gasteiger partial charge on any atom is 0.328 e. The number of carbonyl (C=O) groups is 1. The number of fused-ring (bicyclic) bond motifs is 1. The van der Waals surface area contributed by atoms with Crippen LogP contribution < -0.4 is 15.8 Å². The van der Waals surface area contributed by atoms with Crippen molar-refractivity contribution in [3.63, 3.8) is 0 Å². The molecule has 202 valence electrons. The lowest BCUT2D eigenvalue weighted by atomic mass is 10.0. The molecule has 10 heteroatoms. The molecule has 5 rings (SSSR count). The summed E-state index contributed by atoms with van der Waals surface area (Å²) in [5, 5.41) is 17.8. The van der Waals surface area contributed by atoms with Crippen molar-refractivity contribution in [1.82, 2.24) is 30.0 Å². The third kappa shape index (κ3) is 6.24. The van der Waals surface area contributed by atoms with Gasteiger partial charge in [-0.25, -0.2) is 19.4 Å². The number of para-hydroxylation sites is 1. The zero-order valence-electron chi connectivity index (χ0n) is 21.9.